The number of carbonyl (C=O) groups is 1. The van der Waals surface area contributed by atoms with Crippen molar-refractivity contribution in [3.8, 4) is 0 Å². The van der Waals surface area contributed by atoms with Crippen LogP contribution in [0, 0.1) is 0 Å². The minimum Gasteiger partial charge on any atom is -0.316 e. The third-order valence-corrected chi connectivity index (χ3v) is 3.74. The van der Waals surface area contributed by atoms with Gasteiger partial charge in [0.15, 0.2) is 5.78 Å². The highest BCUT2D eigenvalue weighted by Gasteiger charge is 2.22. The number of hydrogen-bond donors (Lipinski definition) is 1. The molecule has 0 bridgehead atoms. The van der Waals surface area contributed by atoms with Gasteiger partial charge in [0.2, 0.25) is 0 Å². The topological polar surface area (TPSA) is 29.1 Å². The zero-order chi connectivity index (χ0) is 13.1. The van der Waals surface area contributed by atoms with Gasteiger partial charge < -0.3 is 5.32 Å². The van der Waals surface area contributed by atoms with E-state index in [1.807, 2.05) is 48.5 Å². The summed E-state index contributed by atoms with van der Waals surface area (Å²) in [7, 11) is 0. The maximum atomic E-state index is 12.6. The molecular formula is C17H17NO. The number of carbonyl (C=O) groups excluding carboxylic acids is 1. The molecule has 0 radical (unpaired) electrons. The standard InChI is InChI=1S/C17H17NO/c19-17(13-6-2-1-3-7-13)16-9-5-4-8-15(16)14-10-11-18-12-14/h1-9,14,18H,10-12H2. The summed E-state index contributed by atoms with van der Waals surface area (Å²) in [6.07, 6.45) is 1.11. The smallest absolute Gasteiger partial charge is 0.193 e. The maximum Gasteiger partial charge on any atom is 0.193 e. The van der Waals surface area contributed by atoms with Crippen molar-refractivity contribution in [1.29, 1.82) is 0 Å². The Bertz CT molecular complexity index is 571. The summed E-state index contributed by atoms with van der Waals surface area (Å²) in [5, 5.41) is 3.37. The molecule has 96 valence electrons. The first-order valence-corrected chi connectivity index (χ1v) is 6.75. The Kier molecular flexibility index (Phi) is 3.43. The van der Waals surface area contributed by atoms with Crippen molar-refractivity contribution in [2.24, 2.45) is 0 Å². The monoisotopic (exact) mass is 251 g/mol. The first-order valence-electron chi connectivity index (χ1n) is 6.75. The van der Waals surface area contributed by atoms with Crippen LogP contribution < -0.4 is 5.32 Å². The predicted molar refractivity (Wildman–Crippen MR) is 76.5 cm³/mol. The first kappa shape index (κ1) is 12.1. The molecule has 2 aromatic rings. The van der Waals surface area contributed by atoms with E-state index < -0.39 is 0 Å². The highest BCUT2D eigenvalue weighted by molar-refractivity contribution is 6.10. The summed E-state index contributed by atoms with van der Waals surface area (Å²) in [5.74, 6) is 0.590. The molecule has 1 aliphatic rings. The highest BCUT2D eigenvalue weighted by Crippen LogP contribution is 2.27. The minimum atomic E-state index is 0.128. The van der Waals surface area contributed by atoms with Gasteiger partial charge in [-0.15, -0.1) is 0 Å². The third-order valence-electron chi connectivity index (χ3n) is 3.74. The lowest BCUT2D eigenvalue weighted by atomic mass is 9.90. The molecule has 0 amide bonds. The molecule has 2 heteroatoms. The van der Waals surface area contributed by atoms with Gasteiger partial charge in [0.1, 0.15) is 0 Å². The van der Waals surface area contributed by atoms with Crippen LogP contribution in [0.1, 0.15) is 33.8 Å². The molecule has 1 fully saturated rings. The van der Waals surface area contributed by atoms with Gasteiger partial charge in [0, 0.05) is 17.7 Å². The van der Waals surface area contributed by atoms with Crippen LogP contribution in [-0.2, 0) is 0 Å². The van der Waals surface area contributed by atoms with Crippen LogP contribution in [-0.4, -0.2) is 18.9 Å². The Balaban J connectivity index is 1.98. The number of rotatable bonds is 3. The summed E-state index contributed by atoms with van der Waals surface area (Å²) >= 11 is 0. The summed E-state index contributed by atoms with van der Waals surface area (Å²) in [6.45, 7) is 2.01. The Morgan fingerprint density at radius 2 is 1.74 bits per heavy atom. The van der Waals surface area contributed by atoms with Crippen LogP contribution in [0.3, 0.4) is 0 Å². The fourth-order valence-corrected chi connectivity index (χ4v) is 2.72. The minimum absolute atomic E-state index is 0.128. The zero-order valence-corrected chi connectivity index (χ0v) is 10.8. The lowest BCUT2D eigenvalue weighted by Crippen LogP contribution is -2.12. The number of hydrogen-bond acceptors (Lipinski definition) is 2. The number of ketones is 1. The van der Waals surface area contributed by atoms with Crippen molar-refractivity contribution in [2.75, 3.05) is 13.1 Å². The SMILES string of the molecule is O=C(c1ccccc1)c1ccccc1C1CCNC1. The third kappa shape index (κ3) is 2.45. The molecule has 1 heterocycles. The van der Waals surface area contributed by atoms with Crippen LogP contribution >= 0.6 is 0 Å². The second-order valence-electron chi connectivity index (χ2n) is 4.97. The first-order chi connectivity index (χ1) is 9.36. The normalized spacial score (nSPS) is 18.4. The van der Waals surface area contributed by atoms with E-state index in [0.717, 1.165) is 30.6 Å². The van der Waals surface area contributed by atoms with Crippen LogP contribution in [0.2, 0.25) is 0 Å². The van der Waals surface area contributed by atoms with Crippen LogP contribution in [0.5, 0.6) is 0 Å². The van der Waals surface area contributed by atoms with Crippen LogP contribution in [0.25, 0.3) is 0 Å². The van der Waals surface area contributed by atoms with Gasteiger partial charge in [-0.05, 0) is 24.4 Å². The summed E-state index contributed by atoms with van der Waals surface area (Å²) < 4.78 is 0. The van der Waals surface area contributed by atoms with Crippen LogP contribution in [0.4, 0.5) is 0 Å². The van der Waals surface area contributed by atoms with E-state index in [2.05, 4.69) is 11.4 Å². The summed E-state index contributed by atoms with van der Waals surface area (Å²) in [5.41, 5.74) is 2.80. The highest BCUT2D eigenvalue weighted by atomic mass is 16.1. The molecule has 0 saturated carbocycles. The van der Waals surface area contributed by atoms with Gasteiger partial charge in [-0.1, -0.05) is 54.6 Å². The van der Waals surface area contributed by atoms with E-state index in [1.54, 1.807) is 0 Å². The van der Waals surface area contributed by atoms with Gasteiger partial charge in [0.05, 0.1) is 0 Å². The molecule has 1 unspecified atom stereocenters. The Morgan fingerprint density at radius 3 is 2.47 bits per heavy atom. The Hall–Kier alpha value is -1.93. The van der Waals surface area contributed by atoms with E-state index in [9.17, 15) is 4.79 Å². The quantitative estimate of drug-likeness (QED) is 0.850. The Labute approximate surface area is 113 Å². The maximum absolute atomic E-state index is 12.6. The molecule has 19 heavy (non-hydrogen) atoms. The van der Waals surface area contributed by atoms with Crippen molar-refractivity contribution in [3.63, 3.8) is 0 Å². The molecule has 0 spiro atoms. The van der Waals surface area contributed by atoms with E-state index in [0.29, 0.717) is 5.92 Å². The molecule has 2 nitrogen and oxygen atoms in total. The largest absolute Gasteiger partial charge is 0.316 e. The van der Waals surface area contributed by atoms with Gasteiger partial charge in [-0.25, -0.2) is 0 Å². The molecule has 1 saturated heterocycles. The molecule has 1 atom stereocenters. The van der Waals surface area contributed by atoms with Gasteiger partial charge in [0.25, 0.3) is 0 Å². The van der Waals surface area contributed by atoms with E-state index in [-0.39, 0.29) is 5.78 Å². The zero-order valence-electron chi connectivity index (χ0n) is 10.8. The van der Waals surface area contributed by atoms with Crippen LogP contribution in [0.15, 0.2) is 54.6 Å². The molecule has 0 aromatic heterocycles. The molecule has 1 N–H and O–H groups in total. The Morgan fingerprint density at radius 1 is 1.00 bits per heavy atom. The summed E-state index contributed by atoms with van der Waals surface area (Å²) in [4.78, 5) is 12.6. The fraction of sp³-hybridized carbons (Fsp3) is 0.235. The second-order valence-corrected chi connectivity index (χ2v) is 4.97. The predicted octanol–water partition coefficient (Wildman–Crippen LogP) is 2.99. The van der Waals surface area contributed by atoms with Gasteiger partial charge >= 0.3 is 0 Å². The van der Waals surface area contributed by atoms with Gasteiger partial charge in [-0.3, -0.25) is 4.79 Å². The molecule has 3 rings (SSSR count). The van der Waals surface area contributed by atoms with Crippen molar-refractivity contribution in [3.05, 3.63) is 71.3 Å². The van der Waals surface area contributed by atoms with Crippen molar-refractivity contribution in [1.82, 2.24) is 5.32 Å². The van der Waals surface area contributed by atoms with Gasteiger partial charge in [-0.2, -0.15) is 0 Å². The molecular weight excluding hydrogens is 234 g/mol. The van der Waals surface area contributed by atoms with E-state index in [1.165, 1.54) is 5.56 Å². The average molecular weight is 251 g/mol. The number of nitrogens with one attached hydrogen (secondary N) is 1. The lowest BCUT2D eigenvalue weighted by molar-refractivity contribution is 0.103. The van der Waals surface area contributed by atoms with Crippen molar-refractivity contribution >= 4 is 5.78 Å². The number of benzene rings is 2. The molecule has 2 aromatic carbocycles. The van der Waals surface area contributed by atoms with Crippen molar-refractivity contribution in [2.45, 2.75) is 12.3 Å². The lowest BCUT2D eigenvalue weighted by Gasteiger charge is -2.14. The second kappa shape index (κ2) is 5.37. The average Bonchev–Trinajstić information content (AvgIpc) is 3.01. The molecule has 0 aliphatic carbocycles. The van der Waals surface area contributed by atoms with Crippen molar-refractivity contribution < 1.29 is 4.79 Å². The van der Waals surface area contributed by atoms with E-state index >= 15 is 0 Å². The molecule has 1 aliphatic heterocycles. The van der Waals surface area contributed by atoms with E-state index in [4.69, 9.17) is 0 Å². The fourth-order valence-electron chi connectivity index (χ4n) is 2.72. The summed E-state index contributed by atoms with van der Waals surface area (Å²) in [6, 6.07) is 17.5.